The smallest absolute Gasteiger partial charge is 0.433 e. The molecule has 0 aliphatic heterocycles. The minimum Gasteiger partial charge on any atom is -0.461 e. The zero-order chi connectivity index (χ0) is 15.5. The predicted molar refractivity (Wildman–Crippen MR) is 66.1 cm³/mol. The van der Waals surface area contributed by atoms with Crippen LogP contribution >= 0.6 is 0 Å². The second-order valence-corrected chi connectivity index (χ2v) is 4.51. The molecule has 20 heavy (non-hydrogen) atoms. The number of carbonyl (C=O) groups is 1. The van der Waals surface area contributed by atoms with Gasteiger partial charge < -0.3 is 9.64 Å². The fourth-order valence-corrected chi connectivity index (χ4v) is 1.34. The van der Waals surface area contributed by atoms with E-state index in [2.05, 4.69) is 9.97 Å². The number of alkyl halides is 3. The van der Waals surface area contributed by atoms with Crippen molar-refractivity contribution >= 4 is 11.9 Å². The summed E-state index contributed by atoms with van der Waals surface area (Å²) in [5.41, 5.74) is -1.06. The number of halogens is 3. The summed E-state index contributed by atoms with van der Waals surface area (Å²) >= 11 is 0. The SMILES string of the molecule is CC(C)OC(=O)[C@H](C)N(C)c1nccc(C(F)(F)F)n1. The molecule has 0 fully saturated rings. The average Bonchev–Trinajstić information content (AvgIpc) is 2.35. The van der Waals surface area contributed by atoms with E-state index in [9.17, 15) is 18.0 Å². The molecule has 0 saturated carbocycles. The molecule has 0 bridgehead atoms. The number of anilines is 1. The summed E-state index contributed by atoms with van der Waals surface area (Å²) in [4.78, 5) is 20.1. The van der Waals surface area contributed by atoms with Crippen LogP contribution in [0.1, 0.15) is 26.5 Å². The van der Waals surface area contributed by atoms with Gasteiger partial charge in [-0.1, -0.05) is 0 Å². The maximum Gasteiger partial charge on any atom is 0.433 e. The molecule has 0 radical (unpaired) electrons. The Kier molecular flexibility index (Phi) is 4.91. The number of nitrogens with zero attached hydrogens (tertiary/aromatic N) is 3. The van der Waals surface area contributed by atoms with Crippen LogP contribution in [0.4, 0.5) is 19.1 Å². The first-order valence-electron chi connectivity index (χ1n) is 5.96. The first kappa shape index (κ1) is 16.2. The molecule has 1 heterocycles. The van der Waals surface area contributed by atoms with Crippen LogP contribution in [-0.2, 0) is 15.7 Å². The van der Waals surface area contributed by atoms with E-state index < -0.39 is 23.9 Å². The van der Waals surface area contributed by atoms with Crippen LogP contribution in [0.3, 0.4) is 0 Å². The summed E-state index contributed by atoms with van der Waals surface area (Å²) in [6.45, 7) is 4.88. The van der Waals surface area contributed by atoms with Crippen molar-refractivity contribution in [2.24, 2.45) is 0 Å². The van der Waals surface area contributed by atoms with E-state index in [-0.39, 0.29) is 12.1 Å². The third-order valence-corrected chi connectivity index (χ3v) is 2.52. The van der Waals surface area contributed by atoms with E-state index in [1.807, 2.05) is 0 Å². The predicted octanol–water partition coefficient (Wildman–Crippen LogP) is 2.27. The normalized spacial score (nSPS) is 13.2. The lowest BCUT2D eigenvalue weighted by molar-refractivity contribution is -0.148. The zero-order valence-electron chi connectivity index (χ0n) is 11.6. The quantitative estimate of drug-likeness (QED) is 0.797. The molecule has 1 atom stereocenters. The van der Waals surface area contributed by atoms with Gasteiger partial charge in [-0.25, -0.2) is 14.8 Å². The molecule has 0 N–H and O–H groups in total. The van der Waals surface area contributed by atoms with Crippen molar-refractivity contribution < 1.29 is 22.7 Å². The molecule has 1 rings (SSSR count). The number of hydrogen-bond donors (Lipinski definition) is 0. The van der Waals surface area contributed by atoms with E-state index in [4.69, 9.17) is 4.74 Å². The van der Waals surface area contributed by atoms with E-state index in [0.29, 0.717) is 0 Å². The van der Waals surface area contributed by atoms with Gasteiger partial charge in [0.15, 0.2) is 0 Å². The van der Waals surface area contributed by atoms with Crippen LogP contribution < -0.4 is 4.90 Å². The maximum absolute atomic E-state index is 12.6. The average molecular weight is 291 g/mol. The van der Waals surface area contributed by atoms with Crippen molar-refractivity contribution in [2.75, 3.05) is 11.9 Å². The highest BCUT2D eigenvalue weighted by molar-refractivity contribution is 5.78. The van der Waals surface area contributed by atoms with Gasteiger partial charge in [-0.3, -0.25) is 0 Å². The summed E-state index contributed by atoms with van der Waals surface area (Å²) in [6, 6.07) is -0.0186. The molecule has 0 spiro atoms. The molecular weight excluding hydrogens is 275 g/mol. The number of likely N-dealkylation sites (N-methyl/N-ethyl adjacent to an activating group) is 1. The Morgan fingerprint density at radius 3 is 2.45 bits per heavy atom. The maximum atomic E-state index is 12.6. The Morgan fingerprint density at radius 2 is 1.95 bits per heavy atom. The minimum absolute atomic E-state index is 0.187. The largest absolute Gasteiger partial charge is 0.461 e. The molecule has 0 saturated heterocycles. The fourth-order valence-electron chi connectivity index (χ4n) is 1.34. The van der Waals surface area contributed by atoms with Gasteiger partial charge in [-0.15, -0.1) is 0 Å². The summed E-state index contributed by atoms with van der Waals surface area (Å²) < 4.78 is 42.7. The van der Waals surface area contributed by atoms with Crippen LogP contribution in [0.2, 0.25) is 0 Å². The Labute approximate surface area is 114 Å². The van der Waals surface area contributed by atoms with Gasteiger partial charge >= 0.3 is 12.1 Å². The summed E-state index contributed by atoms with van der Waals surface area (Å²) in [7, 11) is 1.43. The van der Waals surface area contributed by atoms with Gasteiger partial charge in [0.1, 0.15) is 11.7 Å². The minimum atomic E-state index is -4.56. The fraction of sp³-hybridized carbons (Fsp3) is 0.583. The highest BCUT2D eigenvalue weighted by Gasteiger charge is 2.33. The summed E-state index contributed by atoms with van der Waals surface area (Å²) in [5.74, 6) is -0.739. The summed E-state index contributed by atoms with van der Waals surface area (Å²) in [6.07, 6.45) is -3.86. The number of ether oxygens (including phenoxy) is 1. The summed E-state index contributed by atoms with van der Waals surface area (Å²) in [5, 5.41) is 0. The molecule has 0 aliphatic rings. The van der Waals surface area contributed by atoms with Crippen molar-refractivity contribution in [3.63, 3.8) is 0 Å². The molecule has 8 heteroatoms. The van der Waals surface area contributed by atoms with Gasteiger partial charge in [-0.05, 0) is 26.8 Å². The van der Waals surface area contributed by atoms with Crippen molar-refractivity contribution in [1.29, 1.82) is 0 Å². The van der Waals surface area contributed by atoms with Gasteiger partial charge in [-0.2, -0.15) is 13.2 Å². The van der Waals surface area contributed by atoms with Gasteiger partial charge in [0.2, 0.25) is 5.95 Å². The van der Waals surface area contributed by atoms with E-state index in [0.717, 1.165) is 12.3 Å². The topological polar surface area (TPSA) is 55.3 Å². The molecule has 0 unspecified atom stereocenters. The molecule has 112 valence electrons. The van der Waals surface area contributed by atoms with Crippen molar-refractivity contribution in [3.05, 3.63) is 18.0 Å². The van der Waals surface area contributed by atoms with Crippen LogP contribution in [0.25, 0.3) is 0 Å². The van der Waals surface area contributed by atoms with E-state index >= 15 is 0 Å². The number of esters is 1. The van der Waals surface area contributed by atoms with E-state index in [1.54, 1.807) is 13.8 Å². The second kappa shape index (κ2) is 6.06. The lowest BCUT2D eigenvalue weighted by Gasteiger charge is -2.24. The third-order valence-electron chi connectivity index (χ3n) is 2.52. The Hall–Kier alpha value is -1.86. The number of carbonyl (C=O) groups excluding carboxylic acids is 1. The monoisotopic (exact) mass is 291 g/mol. The Bertz CT molecular complexity index is 477. The van der Waals surface area contributed by atoms with Crippen LogP contribution in [0, 0.1) is 0 Å². The van der Waals surface area contributed by atoms with Crippen molar-refractivity contribution in [2.45, 2.75) is 39.1 Å². The van der Waals surface area contributed by atoms with Gasteiger partial charge in [0, 0.05) is 13.2 Å². The highest BCUT2D eigenvalue weighted by Crippen LogP contribution is 2.28. The second-order valence-electron chi connectivity index (χ2n) is 4.51. The number of aromatic nitrogens is 2. The van der Waals surface area contributed by atoms with Gasteiger partial charge in [0.05, 0.1) is 6.10 Å². The Morgan fingerprint density at radius 1 is 1.35 bits per heavy atom. The zero-order valence-corrected chi connectivity index (χ0v) is 11.6. The molecule has 5 nitrogen and oxygen atoms in total. The first-order chi connectivity index (χ1) is 9.12. The molecular formula is C12H16F3N3O2. The van der Waals surface area contributed by atoms with Crippen LogP contribution in [0.5, 0.6) is 0 Å². The molecule has 1 aromatic rings. The van der Waals surface area contributed by atoms with Gasteiger partial charge in [0.25, 0.3) is 0 Å². The highest BCUT2D eigenvalue weighted by atomic mass is 19.4. The first-order valence-corrected chi connectivity index (χ1v) is 5.96. The Balaban J connectivity index is 2.92. The third kappa shape index (κ3) is 4.07. The number of hydrogen-bond acceptors (Lipinski definition) is 5. The lowest BCUT2D eigenvalue weighted by atomic mass is 10.3. The molecule has 0 aliphatic carbocycles. The van der Waals surface area contributed by atoms with Crippen LogP contribution in [-0.4, -0.2) is 35.1 Å². The number of rotatable bonds is 4. The lowest BCUT2D eigenvalue weighted by Crippen LogP contribution is -2.39. The standard InChI is InChI=1S/C12H16F3N3O2/c1-7(2)20-10(19)8(3)18(4)11-16-6-5-9(17-11)12(13,14)15/h5-8H,1-4H3/t8-/m0/s1. The molecule has 0 aromatic carbocycles. The van der Waals surface area contributed by atoms with E-state index in [1.165, 1.54) is 18.9 Å². The molecule has 0 amide bonds. The van der Waals surface area contributed by atoms with Crippen molar-refractivity contribution in [1.82, 2.24) is 9.97 Å². The van der Waals surface area contributed by atoms with Crippen LogP contribution in [0.15, 0.2) is 12.3 Å². The van der Waals surface area contributed by atoms with Crippen molar-refractivity contribution in [3.8, 4) is 0 Å². The molecule has 1 aromatic heterocycles.